The number of pyridine rings is 1. The van der Waals surface area contributed by atoms with Crippen LogP contribution in [-0.4, -0.2) is 52.3 Å². The van der Waals surface area contributed by atoms with E-state index in [1.165, 1.54) is 12.8 Å². The molecule has 1 saturated heterocycles. The van der Waals surface area contributed by atoms with Gasteiger partial charge >= 0.3 is 0 Å². The lowest BCUT2D eigenvalue weighted by molar-refractivity contribution is -0.137. The van der Waals surface area contributed by atoms with E-state index in [-0.39, 0.29) is 18.4 Å². The van der Waals surface area contributed by atoms with Gasteiger partial charge < -0.3 is 15.5 Å². The molecule has 1 aliphatic carbocycles. The van der Waals surface area contributed by atoms with Gasteiger partial charge in [0.1, 0.15) is 6.54 Å². The molecule has 0 radical (unpaired) electrons. The molecule has 0 unspecified atom stereocenters. The first-order valence-electron chi connectivity index (χ1n) is 9.53. The summed E-state index contributed by atoms with van der Waals surface area (Å²) in [5.74, 6) is -0.0330. The van der Waals surface area contributed by atoms with Crippen LogP contribution in [-0.2, 0) is 4.79 Å². The largest absolute Gasteiger partial charge is 0.397 e. The molecule has 0 spiro atoms. The van der Waals surface area contributed by atoms with E-state index in [1.807, 2.05) is 17.0 Å². The molecule has 2 aromatic rings. The number of amides is 2. The number of nitrogens with zero attached hydrogens (tertiary/aromatic N) is 3. The number of rotatable bonds is 3. The zero-order valence-corrected chi connectivity index (χ0v) is 15.3. The highest BCUT2D eigenvalue weighted by Crippen LogP contribution is 2.26. The second-order valence-corrected chi connectivity index (χ2v) is 7.27. The molecule has 0 atom stereocenters. The smallest absolute Gasteiger partial charge is 0.254 e. The number of carbonyl (C=O) groups is 2. The SMILES string of the molecule is Nc1cccnc1-c1ccc(C(=O)N2CCN(C3CCCC3)C(=O)C2)cc1. The third-order valence-corrected chi connectivity index (χ3v) is 5.55. The Morgan fingerprint density at radius 1 is 1.07 bits per heavy atom. The van der Waals surface area contributed by atoms with Crippen LogP contribution in [0.15, 0.2) is 42.6 Å². The van der Waals surface area contributed by atoms with Crippen molar-refractivity contribution in [1.29, 1.82) is 0 Å². The van der Waals surface area contributed by atoms with E-state index in [9.17, 15) is 9.59 Å². The van der Waals surface area contributed by atoms with E-state index >= 15 is 0 Å². The Kier molecular flexibility index (Phi) is 4.79. The highest BCUT2D eigenvalue weighted by Gasteiger charge is 2.33. The molecule has 1 aromatic carbocycles. The summed E-state index contributed by atoms with van der Waals surface area (Å²) in [5.41, 5.74) is 8.72. The molecule has 4 rings (SSSR count). The van der Waals surface area contributed by atoms with Gasteiger partial charge in [-0.15, -0.1) is 0 Å². The average Bonchev–Trinajstić information content (AvgIpc) is 3.22. The van der Waals surface area contributed by atoms with Crippen molar-refractivity contribution in [1.82, 2.24) is 14.8 Å². The second-order valence-electron chi connectivity index (χ2n) is 7.27. The molecule has 27 heavy (non-hydrogen) atoms. The lowest BCUT2D eigenvalue weighted by Crippen LogP contribution is -2.54. The van der Waals surface area contributed by atoms with Gasteiger partial charge in [0.15, 0.2) is 0 Å². The van der Waals surface area contributed by atoms with Crippen molar-refractivity contribution in [2.45, 2.75) is 31.7 Å². The van der Waals surface area contributed by atoms with E-state index < -0.39 is 0 Å². The molecule has 1 aromatic heterocycles. The molecule has 2 amide bonds. The monoisotopic (exact) mass is 364 g/mol. The third-order valence-electron chi connectivity index (χ3n) is 5.55. The zero-order chi connectivity index (χ0) is 18.8. The Labute approximate surface area is 159 Å². The first-order valence-corrected chi connectivity index (χ1v) is 9.53. The number of aromatic nitrogens is 1. The maximum Gasteiger partial charge on any atom is 0.254 e. The molecule has 1 aliphatic heterocycles. The molecular weight excluding hydrogens is 340 g/mol. The van der Waals surface area contributed by atoms with E-state index in [1.54, 1.807) is 35.4 Å². The van der Waals surface area contributed by atoms with E-state index in [0.717, 1.165) is 18.4 Å². The minimum Gasteiger partial charge on any atom is -0.397 e. The Morgan fingerprint density at radius 3 is 2.48 bits per heavy atom. The van der Waals surface area contributed by atoms with Gasteiger partial charge in [0.25, 0.3) is 5.91 Å². The average molecular weight is 364 g/mol. The number of piperazine rings is 1. The van der Waals surface area contributed by atoms with Crippen molar-refractivity contribution in [2.75, 3.05) is 25.4 Å². The number of benzene rings is 1. The fourth-order valence-electron chi connectivity index (χ4n) is 4.07. The van der Waals surface area contributed by atoms with Crippen molar-refractivity contribution in [3.05, 3.63) is 48.2 Å². The van der Waals surface area contributed by atoms with Crippen LogP contribution in [0.1, 0.15) is 36.0 Å². The topological polar surface area (TPSA) is 79.5 Å². The number of hydrogen-bond acceptors (Lipinski definition) is 4. The van der Waals surface area contributed by atoms with Crippen LogP contribution < -0.4 is 5.73 Å². The minimum absolute atomic E-state index is 0.0689. The number of hydrogen-bond donors (Lipinski definition) is 1. The van der Waals surface area contributed by atoms with Crippen LogP contribution in [0, 0.1) is 0 Å². The predicted molar refractivity (Wildman–Crippen MR) is 104 cm³/mol. The molecule has 1 saturated carbocycles. The van der Waals surface area contributed by atoms with E-state index in [0.29, 0.717) is 36.1 Å². The van der Waals surface area contributed by atoms with Crippen LogP contribution in [0.3, 0.4) is 0 Å². The first-order chi connectivity index (χ1) is 13.1. The Hall–Kier alpha value is -2.89. The van der Waals surface area contributed by atoms with Crippen LogP contribution >= 0.6 is 0 Å². The van der Waals surface area contributed by atoms with Crippen LogP contribution in [0.5, 0.6) is 0 Å². The van der Waals surface area contributed by atoms with Gasteiger partial charge in [-0.3, -0.25) is 14.6 Å². The fourth-order valence-corrected chi connectivity index (χ4v) is 4.07. The van der Waals surface area contributed by atoms with Crippen molar-refractivity contribution >= 4 is 17.5 Å². The molecule has 6 nitrogen and oxygen atoms in total. The van der Waals surface area contributed by atoms with E-state index in [4.69, 9.17) is 5.73 Å². The summed E-state index contributed by atoms with van der Waals surface area (Å²) in [5, 5.41) is 0. The molecule has 2 fully saturated rings. The fraction of sp³-hybridized carbons (Fsp3) is 0.381. The second kappa shape index (κ2) is 7.39. The van der Waals surface area contributed by atoms with Gasteiger partial charge in [-0.05, 0) is 37.1 Å². The van der Waals surface area contributed by atoms with Gasteiger partial charge in [-0.2, -0.15) is 0 Å². The van der Waals surface area contributed by atoms with Gasteiger partial charge in [0.2, 0.25) is 5.91 Å². The van der Waals surface area contributed by atoms with Gasteiger partial charge in [0.05, 0.1) is 11.4 Å². The quantitative estimate of drug-likeness (QED) is 0.908. The predicted octanol–water partition coefficient (Wildman–Crippen LogP) is 2.56. The number of carbonyl (C=O) groups excluding carboxylic acids is 2. The molecule has 2 N–H and O–H groups in total. The third kappa shape index (κ3) is 3.52. The highest BCUT2D eigenvalue weighted by atomic mass is 16.2. The summed E-state index contributed by atoms with van der Waals surface area (Å²) in [7, 11) is 0. The summed E-state index contributed by atoms with van der Waals surface area (Å²) in [6.07, 6.45) is 6.28. The van der Waals surface area contributed by atoms with Gasteiger partial charge in [-0.25, -0.2) is 0 Å². The van der Waals surface area contributed by atoms with Crippen molar-refractivity contribution in [3.8, 4) is 11.3 Å². The van der Waals surface area contributed by atoms with Crippen LogP contribution in [0.2, 0.25) is 0 Å². The lowest BCUT2D eigenvalue weighted by Gasteiger charge is -2.37. The van der Waals surface area contributed by atoms with Crippen LogP contribution in [0.25, 0.3) is 11.3 Å². The van der Waals surface area contributed by atoms with Gasteiger partial charge in [0, 0.05) is 36.5 Å². The Balaban J connectivity index is 1.44. The van der Waals surface area contributed by atoms with Crippen molar-refractivity contribution < 1.29 is 9.59 Å². The Morgan fingerprint density at radius 2 is 1.81 bits per heavy atom. The number of nitrogen functional groups attached to an aromatic ring is 1. The zero-order valence-electron chi connectivity index (χ0n) is 15.3. The Bertz CT molecular complexity index is 844. The highest BCUT2D eigenvalue weighted by molar-refractivity contribution is 5.97. The first kappa shape index (κ1) is 17.5. The minimum atomic E-state index is -0.102. The number of anilines is 1. The molecule has 2 aliphatic rings. The summed E-state index contributed by atoms with van der Waals surface area (Å²) < 4.78 is 0. The molecule has 6 heteroatoms. The van der Waals surface area contributed by atoms with Crippen LogP contribution in [0.4, 0.5) is 5.69 Å². The van der Waals surface area contributed by atoms with E-state index in [2.05, 4.69) is 4.98 Å². The molecule has 140 valence electrons. The summed E-state index contributed by atoms with van der Waals surface area (Å²) in [6.45, 7) is 1.40. The maximum atomic E-state index is 12.8. The van der Waals surface area contributed by atoms with Gasteiger partial charge in [-0.1, -0.05) is 25.0 Å². The summed E-state index contributed by atoms with van der Waals surface area (Å²) in [4.78, 5) is 33.2. The maximum absolute atomic E-state index is 12.8. The molecule has 2 heterocycles. The van der Waals surface area contributed by atoms with Crippen molar-refractivity contribution in [2.24, 2.45) is 0 Å². The summed E-state index contributed by atoms with van der Waals surface area (Å²) >= 11 is 0. The normalized spacial score (nSPS) is 18.1. The standard InChI is InChI=1S/C21H24N4O2/c22-18-6-3-11-23-20(18)15-7-9-16(10-8-15)21(27)24-12-13-25(19(26)14-24)17-4-1-2-5-17/h3,6-11,17H,1-2,4-5,12-14,22H2. The van der Waals surface area contributed by atoms with Crippen molar-refractivity contribution in [3.63, 3.8) is 0 Å². The lowest BCUT2D eigenvalue weighted by atomic mass is 10.1. The molecule has 0 bridgehead atoms. The number of nitrogens with two attached hydrogens (primary N) is 1. The summed E-state index contributed by atoms with van der Waals surface area (Å²) in [6, 6.07) is 11.2. The molecular formula is C21H24N4O2.